The molecule has 0 aromatic heterocycles. The summed E-state index contributed by atoms with van der Waals surface area (Å²) in [6, 6.07) is 8.44. The zero-order valence-electron chi connectivity index (χ0n) is 9.39. The first-order valence-electron chi connectivity index (χ1n) is 5.10. The summed E-state index contributed by atoms with van der Waals surface area (Å²) in [5.41, 5.74) is 10.7. The van der Waals surface area contributed by atoms with E-state index in [0.29, 0.717) is 5.56 Å². The number of benzene rings is 1. The summed E-state index contributed by atoms with van der Waals surface area (Å²) >= 11 is 4.67. The summed E-state index contributed by atoms with van der Waals surface area (Å²) in [6.45, 7) is 0. The van der Waals surface area contributed by atoms with Crippen LogP contribution in [0.1, 0.15) is 11.5 Å². The van der Waals surface area contributed by atoms with Gasteiger partial charge in [0.05, 0.1) is 5.92 Å². The molecule has 3 atom stereocenters. The molecule has 0 fully saturated rings. The molecule has 0 aliphatic rings. The summed E-state index contributed by atoms with van der Waals surface area (Å²) in [7, 11) is 0. The van der Waals surface area contributed by atoms with Crippen molar-refractivity contribution in [3.8, 4) is 0 Å². The molecule has 7 heteroatoms. The molecule has 0 spiro atoms. The quantitative estimate of drug-likeness (QED) is 0.436. The van der Waals surface area contributed by atoms with Gasteiger partial charge in [-0.3, -0.25) is 0 Å². The van der Waals surface area contributed by atoms with Gasteiger partial charge in [-0.15, -0.1) is 0 Å². The van der Waals surface area contributed by atoms with Crippen molar-refractivity contribution in [2.75, 3.05) is 0 Å². The lowest BCUT2D eigenvalue weighted by molar-refractivity contribution is -0.0828. The minimum absolute atomic E-state index is 0.212. The molecule has 6 nitrogen and oxygen atoms in total. The Labute approximate surface area is 109 Å². The van der Waals surface area contributed by atoms with Crippen LogP contribution in [0.25, 0.3) is 0 Å². The standard InChI is InChI=1S/C11H14N2O4S/c12-9(18)8(14)7(10(15)17-11(13)16)6-4-2-1-3-5-6/h1-5,7-8,10,14-15H,(H2,12,18)(H2,13,16)/t7-,8-,10?/m0/s1. The van der Waals surface area contributed by atoms with Crippen LogP contribution < -0.4 is 11.5 Å². The van der Waals surface area contributed by atoms with Gasteiger partial charge in [0.25, 0.3) is 0 Å². The molecule has 0 aliphatic heterocycles. The lowest BCUT2D eigenvalue weighted by Gasteiger charge is -2.26. The van der Waals surface area contributed by atoms with E-state index in [9.17, 15) is 15.0 Å². The van der Waals surface area contributed by atoms with Crippen molar-refractivity contribution in [3.63, 3.8) is 0 Å². The van der Waals surface area contributed by atoms with Crippen molar-refractivity contribution < 1.29 is 19.7 Å². The Morgan fingerprint density at radius 3 is 2.22 bits per heavy atom. The molecular formula is C11H14N2O4S. The molecule has 1 aromatic rings. The van der Waals surface area contributed by atoms with Crippen LogP contribution in [0.3, 0.4) is 0 Å². The van der Waals surface area contributed by atoms with Crippen molar-refractivity contribution >= 4 is 23.3 Å². The minimum Gasteiger partial charge on any atom is -0.419 e. The molecule has 18 heavy (non-hydrogen) atoms. The highest BCUT2D eigenvalue weighted by Gasteiger charge is 2.32. The monoisotopic (exact) mass is 270 g/mol. The van der Waals surface area contributed by atoms with Crippen LogP contribution in [0.2, 0.25) is 0 Å². The van der Waals surface area contributed by atoms with Crippen LogP contribution in [0.5, 0.6) is 0 Å². The summed E-state index contributed by atoms with van der Waals surface area (Å²) < 4.78 is 4.46. The van der Waals surface area contributed by atoms with Gasteiger partial charge in [0, 0.05) is 0 Å². The first kappa shape index (κ1) is 14.4. The third-order valence-corrected chi connectivity index (χ3v) is 2.60. The number of hydrogen-bond donors (Lipinski definition) is 4. The average Bonchev–Trinajstić information content (AvgIpc) is 2.29. The predicted octanol–water partition coefficient (Wildman–Crippen LogP) is -0.169. The number of carbonyl (C=O) groups is 1. The fourth-order valence-corrected chi connectivity index (χ4v) is 1.69. The highest BCUT2D eigenvalue weighted by atomic mass is 32.1. The van der Waals surface area contributed by atoms with Gasteiger partial charge in [-0.1, -0.05) is 42.5 Å². The minimum atomic E-state index is -1.64. The van der Waals surface area contributed by atoms with E-state index in [-0.39, 0.29) is 4.99 Å². The fourth-order valence-electron chi connectivity index (χ4n) is 1.55. The summed E-state index contributed by atoms with van der Waals surface area (Å²) in [4.78, 5) is 10.4. The largest absolute Gasteiger partial charge is 0.419 e. The molecule has 1 unspecified atom stereocenters. The van der Waals surface area contributed by atoms with Crippen molar-refractivity contribution in [1.29, 1.82) is 0 Å². The average molecular weight is 270 g/mol. The number of rotatable bonds is 5. The van der Waals surface area contributed by atoms with Crippen LogP contribution in [0, 0.1) is 0 Å². The third kappa shape index (κ3) is 3.66. The van der Waals surface area contributed by atoms with E-state index in [4.69, 9.17) is 11.5 Å². The van der Waals surface area contributed by atoms with Crippen LogP contribution in [-0.4, -0.2) is 33.7 Å². The van der Waals surface area contributed by atoms with E-state index in [1.807, 2.05) is 0 Å². The Balaban J connectivity index is 3.02. The lowest BCUT2D eigenvalue weighted by Crippen LogP contribution is -2.41. The summed E-state index contributed by atoms with van der Waals surface area (Å²) in [5.74, 6) is -0.990. The number of amides is 1. The van der Waals surface area contributed by atoms with Gasteiger partial charge >= 0.3 is 6.09 Å². The first-order chi connectivity index (χ1) is 8.43. The number of carbonyl (C=O) groups excluding carboxylic acids is 1. The molecule has 0 saturated heterocycles. The Morgan fingerprint density at radius 2 is 1.78 bits per heavy atom. The smallest absolute Gasteiger partial charge is 0.406 e. The van der Waals surface area contributed by atoms with Gasteiger partial charge in [0.2, 0.25) is 6.29 Å². The molecule has 98 valence electrons. The van der Waals surface area contributed by atoms with Crippen molar-refractivity contribution in [2.24, 2.45) is 11.5 Å². The van der Waals surface area contributed by atoms with Gasteiger partial charge in [-0.25, -0.2) is 4.79 Å². The van der Waals surface area contributed by atoms with Crippen molar-refractivity contribution in [1.82, 2.24) is 0 Å². The van der Waals surface area contributed by atoms with Crippen LogP contribution >= 0.6 is 12.2 Å². The van der Waals surface area contributed by atoms with E-state index in [1.54, 1.807) is 30.3 Å². The van der Waals surface area contributed by atoms with Gasteiger partial charge in [-0.05, 0) is 5.56 Å². The molecule has 1 rings (SSSR count). The number of ether oxygens (including phenoxy) is 1. The molecule has 6 N–H and O–H groups in total. The lowest BCUT2D eigenvalue weighted by atomic mass is 9.92. The second-order valence-corrected chi connectivity index (χ2v) is 4.08. The number of primary amides is 1. The van der Waals surface area contributed by atoms with E-state index in [1.165, 1.54) is 0 Å². The molecule has 1 aromatic carbocycles. The Morgan fingerprint density at radius 1 is 1.22 bits per heavy atom. The summed E-state index contributed by atoms with van der Waals surface area (Å²) in [5, 5.41) is 19.6. The number of thiocarbonyl (C=S) groups is 1. The van der Waals surface area contributed by atoms with Crippen LogP contribution in [0.4, 0.5) is 4.79 Å². The van der Waals surface area contributed by atoms with E-state index in [2.05, 4.69) is 17.0 Å². The number of hydrogen-bond acceptors (Lipinski definition) is 5. The Bertz CT molecular complexity index is 426. The van der Waals surface area contributed by atoms with Crippen molar-refractivity contribution in [3.05, 3.63) is 35.9 Å². The summed E-state index contributed by atoms with van der Waals surface area (Å²) in [6.07, 6.45) is -4.13. The van der Waals surface area contributed by atoms with E-state index >= 15 is 0 Å². The Hall–Kier alpha value is -1.70. The molecule has 0 bridgehead atoms. The first-order valence-corrected chi connectivity index (χ1v) is 5.50. The number of aliphatic hydroxyl groups excluding tert-OH is 2. The maximum absolute atomic E-state index is 10.6. The van der Waals surface area contributed by atoms with E-state index in [0.717, 1.165) is 0 Å². The zero-order valence-corrected chi connectivity index (χ0v) is 10.2. The van der Waals surface area contributed by atoms with Gasteiger partial charge in [0.1, 0.15) is 11.1 Å². The topological polar surface area (TPSA) is 119 Å². The number of nitrogens with two attached hydrogens (primary N) is 2. The number of aliphatic hydroxyl groups is 2. The zero-order chi connectivity index (χ0) is 13.7. The second-order valence-electron chi connectivity index (χ2n) is 3.61. The molecule has 0 heterocycles. The second kappa shape index (κ2) is 6.29. The Kier molecular flexibility index (Phi) is 5.02. The normalized spacial score (nSPS) is 15.4. The fraction of sp³-hybridized carbons (Fsp3) is 0.273. The SMILES string of the molecule is NC(=O)OC(O)[C@@H](c1ccccc1)[C@H](O)C(N)=S. The molecular weight excluding hydrogens is 256 g/mol. The van der Waals surface area contributed by atoms with Gasteiger partial charge in [0.15, 0.2) is 0 Å². The predicted molar refractivity (Wildman–Crippen MR) is 68.7 cm³/mol. The maximum Gasteiger partial charge on any atom is 0.406 e. The van der Waals surface area contributed by atoms with Gasteiger partial charge < -0.3 is 26.4 Å². The third-order valence-electron chi connectivity index (χ3n) is 2.36. The highest BCUT2D eigenvalue weighted by Crippen LogP contribution is 2.24. The van der Waals surface area contributed by atoms with E-state index < -0.39 is 24.4 Å². The maximum atomic E-state index is 10.6. The van der Waals surface area contributed by atoms with Gasteiger partial charge in [-0.2, -0.15) is 0 Å². The molecule has 1 amide bonds. The van der Waals surface area contributed by atoms with Crippen LogP contribution in [0.15, 0.2) is 30.3 Å². The van der Waals surface area contributed by atoms with Crippen molar-refractivity contribution in [2.45, 2.75) is 18.3 Å². The molecule has 0 radical (unpaired) electrons. The van der Waals surface area contributed by atoms with Crippen LogP contribution in [-0.2, 0) is 4.74 Å². The molecule has 0 aliphatic carbocycles. The highest BCUT2D eigenvalue weighted by molar-refractivity contribution is 7.80. The molecule has 0 saturated carbocycles.